The molecule has 0 unspecified atom stereocenters. The predicted molar refractivity (Wildman–Crippen MR) is 60.1 cm³/mol. The molecule has 0 bridgehead atoms. The number of hydrogen-bond donors (Lipinski definition) is 2. The highest BCUT2D eigenvalue weighted by atomic mass is 16.5. The lowest BCUT2D eigenvalue weighted by atomic mass is 10.1. The van der Waals surface area contributed by atoms with Crippen molar-refractivity contribution in [2.75, 3.05) is 20.3 Å². The maximum absolute atomic E-state index is 10.5. The summed E-state index contributed by atoms with van der Waals surface area (Å²) < 4.78 is 4.95. The van der Waals surface area contributed by atoms with Gasteiger partial charge in [-0.05, 0) is 26.3 Å². The number of carboxylic acids is 1. The summed E-state index contributed by atoms with van der Waals surface area (Å²) >= 11 is 0. The average molecular weight is 217 g/mol. The van der Waals surface area contributed by atoms with Gasteiger partial charge in [0.15, 0.2) is 0 Å². The maximum Gasteiger partial charge on any atom is 0.320 e. The van der Waals surface area contributed by atoms with Crippen molar-refractivity contribution in [2.24, 2.45) is 0 Å². The molecule has 0 aromatic carbocycles. The third kappa shape index (κ3) is 9.69. The number of unbranched alkanes of at least 4 members (excludes halogenated alkanes) is 4. The van der Waals surface area contributed by atoms with Crippen LogP contribution in [-0.2, 0) is 9.53 Å². The molecule has 1 atom stereocenters. The first-order chi connectivity index (χ1) is 7.18. The summed E-state index contributed by atoms with van der Waals surface area (Å²) in [6.45, 7) is 3.30. The molecule has 0 rings (SSSR count). The first kappa shape index (κ1) is 14.4. The van der Waals surface area contributed by atoms with Crippen molar-refractivity contribution in [1.29, 1.82) is 0 Å². The molecule has 0 radical (unpaired) electrons. The quantitative estimate of drug-likeness (QED) is 0.546. The Morgan fingerprint density at radius 3 is 2.47 bits per heavy atom. The second-order valence-electron chi connectivity index (χ2n) is 3.77. The van der Waals surface area contributed by atoms with E-state index in [-0.39, 0.29) is 0 Å². The Balaban J connectivity index is 3.08. The zero-order chi connectivity index (χ0) is 11.5. The van der Waals surface area contributed by atoms with Gasteiger partial charge in [-0.25, -0.2) is 0 Å². The van der Waals surface area contributed by atoms with Crippen molar-refractivity contribution in [1.82, 2.24) is 5.32 Å². The first-order valence-electron chi connectivity index (χ1n) is 5.63. The van der Waals surface area contributed by atoms with E-state index < -0.39 is 12.0 Å². The third-order valence-corrected chi connectivity index (χ3v) is 2.35. The topological polar surface area (TPSA) is 58.6 Å². The van der Waals surface area contributed by atoms with Crippen molar-refractivity contribution in [3.05, 3.63) is 0 Å². The van der Waals surface area contributed by atoms with Gasteiger partial charge in [-0.15, -0.1) is 0 Å². The smallest absolute Gasteiger partial charge is 0.320 e. The molecule has 4 heteroatoms. The summed E-state index contributed by atoms with van der Waals surface area (Å²) in [5.41, 5.74) is 0. The number of aliphatic carboxylic acids is 1. The number of carbonyl (C=O) groups is 1. The lowest BCUT2D eigenvalue weighted by Gasteiger charge is -2.08. The molecule has 90 valence electrons. The fraction of sp³-hybridized carbons (Fsp3) is 0.909. The van der Waals surface area contributed by atoms with Crippen LogP contribution in [0.4, 0.5) is 0 Å². The number of nitrogens with one attached hydrogen (secondary N) is 1. The van der Waals surface area contributed by atoms with Crippen LogP contribution in [0.15, 0.2) is 0 Å². The van der Waals surface area contributed by atoms with Crippen molar-refractivity contribution >= 4 is 5.97 Å². The van der Waals surface area contributed by atoms with Gasteiger partial charge in [0.2, 0.25) is 0 Å². The molecule has 4 nitrogen and oxygen atoms in total. The Labute approximate surface area is 92.0 Å². The van der Waals surface area contributed by atoms with Crippen LogP contribution in [0.2, 0.25) is 0 Å². The van der Waals surface area contributed by atoms with Crippen LogP contribution in [0.25, 0.3) is 0 Å². The van der Waals surface area contributed by atoms with Crippen LogP contribution in [0.1, 0.15) is 39.0 Å². The van der Waals surface area contributed by atoms with E-state index in [1.165, 1.54) is 12.8 Å². The minimum Gasteiger partial charge on any atom is -0.480 e. The molecule has 2 N–H and O–H groups in total. The summed E-state index contributed by atoms with van der Waals surface area (Å²) in [5, 5.41) is 11.6. The number of hydrogen-bond acceptors (Lipinski definition) is 3. The molecule has 0 aliphatic heterocycles. The summed E-state index contributed by atoms with van der Waals surface area (Å²) in [7, 11) is 1.72. The van der Waals surface area contributed by atoms with Gasteiger partial charge in [-0.3, -0.25) is 4.79 Å². The fourth-order valence-electron chi connectivity index (χ4n) is 1.31. The standard InChI is InChI=1S/C11H23NO3/c1-10(11(13)14)12-8-6-4-3-5-7-9-15-2/h10,12H,3-9H2,1-2H3,(H,13,14)/t10-/m0/s1. The monoisotopic (exact) mass is 217 g/mol. The van der Waals surface area contributed by atoms with E-state index in [0.717, 1.165) is 32.4 Å². The lowest BCUT2D eigenvalue weighted by Crippen LogP contribution is -2.34. The zero-order valence-corrected chi connectivity index (χ0v) is 9.79. The Bertz CT molecular complexity index is 162. The molecule has 0 heterocycles. The van der Waals surface area contributed by atoms with Gasteiger partial charge in [0.25, 0.3) is 0 Å². The summed E-state index contributed by atoms with van der Waals surface area (Å²) in [6, 6.07) is -0.432. The van der Waals surface area contributed by atoms with Gasteiger partial charge >= 0.3 is 5.97 Å². The van der Waals surface area contributed by atoms with Crippen LogP contribution in [0, 0.1) is 0 Å². The van der Waals surface area contributed by atoms with Crippen LogP contribution in [-0.4, -0.2) is 37.4 Å². The summed E-state index contributed by atoms with van der Waals surface area (Å²) in [5.74, 6) is -0.782. The van der Waals surface area contributed by atoms with E-state index in [1.807, 2.05) is 0 Å². The Hall–Kier alpha value is -0.610. The number of methoxy groups -OCH3 is 1. The lowest BCUT2D eigenvalue weighted by molar-refractivity contribution is -0.138. The van der Waals surface area contributed by atoms with Crippen molar-refractivity contribution in [3.63, 3.8) is 0 Å². The number of rotatable bonds is 10. The van der Waals surface area contributed by atoms with Gasteiger partial charge in [0.1, 0.15) is 6.04 Å². The molecule has 0 saturated carbocycles. The minimum atomic E-state index is -0.782. The molecular weight excluding hydrogens is 194 g/mol. The summed E-state index contributed by atoms with van der Waals surface area (Å²) in [6.07, 6.45) is 5.72. The minimum absolute atomic E-state index is 0.432. The first-order valence-corrected chi connectivity index (χ1v) is 5.63. The average Bonchev–Trinajstić information content (AvgIpc) is 2.21. The van der Waals surface area contributed by atoms with E-state index in [0.29, 0.717) is 0 Å². The SMILES string of the molecule is COCCCCCCCN[C@@H](C)C(=O)O. The molecule has 0 spiro atoms. The number of ether oxygens (including phenoxy) is 1. The second kappa shape index (κ2) is 9.93. The van der Waals surface area contributed by atoms with Crippen molar-refractivity contribution in [3.8, 4) is 0 Å². The molecule has 0 aliphatic carbocycles. The van der Waals surface area contributed by atoms with Crippen LogP contribution >= 0.6 is 0 Å². The molecule has 15 heavy (non-hydrogen) atoms. The molecular formula is C11H23NO3. The number of carboxylic acid groups (broad SMARTS) is 1. The molecule has 0 saturated heterocycles. The zero-order valence-electron chi connectivity index (χ0n) is 9.79. The molecule has 0 aliphatic rings. The van der Waals surface area contributed by atoms with Crippen LogP contribution in [0.3, 0.4) is 0 Å². The van der Waals surface area contributed by atoms with Crippen molar-refractivity contribution < 1.29 is 14.6 Å². The van der Waals surface area contributed by atoms with E-state index in [9.17, 15) is 4.79 Å². The van der Waals surface area contributed by atoms with E-state index in [2.05, 4.69) is 5.32 Å². The highest BCUT2D eigenvalue weighted by Gasteiger charge is 2.07. The predicted octanol–water partition coefficient (Wildman–Crippen LogP) is 1.65. The highest BCUT2D eigenvalue weighted by Crippen LogP contribution is 2.02. The highest BCUT2D eigenvalue weighted by molar-refractivity contribution is 5.72. The molecule has 0 aromatic heterocycles. The van der Waals surface area contributed by atoms with E-state index in [1.54, 1.807) is 14.0 Å². The Kier molecular flexibility index (Phi) is 9.52. The second-order valence-corrected chi connectivity index (χ2v) is 3.77. The Morgan fingerprint density at radius 1 is 1.27 bits per heavy atom. The van der Waals surface area contributed by atoms with E-state index >= 15 is 0 Å². The van der Waals surface area contributed by atoms with Gasteiger partial charge in [-0.1, -0.05) is 19.3 Å². The maximum atomic E-state index is 10.5. The largest absolute Gasteiger partial charge is 0.480 e. The van der Waals surface area contributed by atoms with Crippen molar-refractivity contribution in [2.45, 2.75) is 45.1 Å². The molecule has 0 aromatic rings. The van der Waals surface area contributed by atoms with Gasteiger partial charge in [0, 0.05) is 13.7 Å². The fourth-order valence-corrected chi connectivity index (χ4v) is 1.31. The Morgan fingerprint density at radius 2 is 1.87 bits per heavy atom. The van der Waals surface area contributed by atoms with Crippen LogP contribution < -0.4 is 5.32 Å². The van der Waals surface area contributed by atoms with Gasteiger partial charge in [-0.2, -0.15) is 0 Å². The molecule has 0 fully saturated rings. The van der Waals surface area contributed by atoms with Crippen LogP contribution in [0.5, 0.6) is 0 Å². The van der Waals surface area contributed by atoms with E-state index in [4.69, 9.17) is 9.84 Å². The third-order valence-electron chi connectivity index (χ3n) is 2.35. The summed E-state index contributed by atoms with van der Waals surface area (Å²) in [4.78, 5) is 10.5. The van der Waals surface area contributed by atoms with Gasteiger partial charge < -0.3 is 15.2 Å². The van der Waals surface area contributed by atoms with Gasteiger partial charge in [0.05, 0.1) is 0 Å². The molecule has 0 amide bonds. The normalized spacial score (nSPS) is 12.7.